The number of carbonyl (C=O) groups is 1. The lowest BCUT2D eigenvalue weighted by Gasteiger charge is -2.31. The van der Waals surface area contributed by atoms with Crippen molar-refractivity contribution in [3.05, 3.63) is 0 Å². The van der Waals surface area contributed by atoms with Crippen molar-refractivity contribution < 1.29 is 4.79 Å². The Morgan fingerprint density at radius 3 is 2.39 bits per heavy atom. The van der Waals surface area contributed by atoms with E-state index >= 15 is 0 Å². The molecule has 0 bridgehead atoms. The van der Waals surface area contributed by atoms with Crippen LogP contribution >= 0.6 is 0 Å². The zero-order chi connectivity index (χ0) is 13.8. The van der Waals surface area contributed by atoms with Crippen LogP contribution in [0.25, 0.3) is 0 Å². The van der Waals surface area contributed by atoms with Gasteiger partial charge in [-0.05, 0) is 54.0 Å². The summed E-state index contributed by atoms with van der Waals surface area (Å²) in [6, 6.07) is 1.03. The smallest absolute Gasteiger partial charge is 0.240 e. The van der Waals surface area contributed by atoms with E-state index in [1.807, 2.05) is 6.92 Å². The van der Waals surface area contributed by atoms with Gasteiger partial charge in [0.15, 0.2) is 0 Å². The Labute approximate surface area is 111 Å². The van der Waals surface area contributed by atoms with Crippen molar-refractivity contribution >= 4 is 5.91 Å². The standard InChI is InChI=1S/C14H29N3O/c1-11(2)17(12(3)4)10-9-15-13(18)14(5)7-6-8-16-14/h11-12,16H,6-10H2,1-5H3,(H,15,18). The molecule has 0 aromatic rings. The molecule has 106 valence electrons. The lowest BCUT2D eigenvalue weighted by atomic mass is 9.99. The molecule has 0 spiro atoms. The highest BCUT2D eigenvalue weighted by Crippen LogP contribution is 2.18. The van der Waals surface area contributed by atoms with Crippen molar-refractivity contribution in [1.82, 2.24) is 15.5 Å². The molecular formula is C14H29N3O. The maximum absolute atomic E-state index is 12.1. The van der Waals surface area contributed by atoms with Gasteiger partial charge in [0.1, 0.15) is 0 Å². The van der Waals surface area contributed by atoms with E-state index in [-0.39, 0.29) is 11.4 Å². The van der Waals surface area contributed by atoms with Gasteiger partial charge in [-0.1, -0.05) is 0 Å². The molecule has 1 amide bonds. The minimum absolute atomic E-state index is 0.146. The minimum atomic E-state index is -0.347. The zero-order valence-electron chi connectivity index (χ0n) is 12.5. The molecule has 1 atom stereocenters. The zero-order valence-corrected chi connectivity index (χ0v) is 12.5. The maximum atomic E-state index is 12.1. The van der Waals surface area contributed by atoms with Gasteiger partial charge in [-0.15, -0.1) is 0 Å². The molecule has 0 aromatic carbocycles. The molecule has 0 saturated carbocycles. The molecule has 4 nitrogen and oxygen atoms in total. The molecule has 1 rings (SSSR count). The van der Waals surface area contributed by atoms with Crippen molar-refractivity contribution in [1.29, 1.82) is 0 Å². The van der Waals surface area contributed by atoms with Crippen molar-refractivity contribution in [3.63, 3.8) is 0 Å². The van der Waals surface area contributed by atoms with E-state index in [1.165, 1.54) is 0 Å². The number of nitrogens with one attached hydrogen (secondary N) is 2. The van der Waals surface area contributed by atoms with Crippen LogP contribution in [0.5, 0.6) is 0 Å². The highest BCUT2D eigenvalue weighted by atomic mass is 16.2. The lowest BCUT2D eigenvalue weighted by molar-refractivity contribution is -0.126. The SMILES string of the molecule is CC(C)N(CCNC(=O)C1(C)CCCN1)C(C)C. The molecule has 1 aliphatic rings. The number of rotatable bonds is 6. The molecule has 0 aromatic heterocycles. The molecule has 1 fully saturated rings. The molecule has 4 heteroatoms. The summed E-state index contributed by atoms with van der Waals surface area (Å²) in [6.45, 7) is 13.4. The fourth-order valence-corrected chi connectivity index (χ4v) is 2.69. The van der Waals surface area contributed by atoms with Crippen LogP contribution in [0.2, 0.25) is 0 Å². The van der Waals surface area contributed by atoms with E-state index in [0.717, 1.165) is 32.5 Å². The number of nitrogens with zero attached hydrogens (tertiary/aromatic N) is 1. The van der Waals surface area contributed by atoms with Crippen molar-refractivity contribution in [2.75, 3.05) is 19.6 Å². The van der Waals surface area contributed by atoms with Crippen molar-refractivity contribution in [2.24, 2.45) is 0 Å². The fourth-order valence-electron chi connectivity index (χ4n) is 2.69. The largest absolute Gasteiger partial charge is 0.353 e. The molecule has 1 aliphatic heterocycles. The quantitative estimate of drug-likeness (QED) is 0.753. The van der Waals surface area contributed by atoms with E-state index < -0.39 is 0 Å². The number of hydrogen-bond acceptors (Lipinski definition) is 3. The predicted molar refractivity (Wildman–Crippen MR) is 75.6 cm³/mol. The van der Waals surface area contributed by atoms with Gasteiger partial charge in [0.25, 0.3) is 0 Å². The normalized spacial score (nSPS) is 24.2. The number of carbonyl (C=O) groups excluding carboxylic acids is 1. The van der Waals surface area contributed by atoms with E-state index in [9.17, 15) is 4.79 Å². The molecule has 1 heterocycles. The van der Waals surface area contributed by atoms with Crippen LogP contribution in [-0.4, -0.2) is 48.1 Å². The third-order valence-corrected chi connectivity index (χ3v) is 3.85. The molecular weight excluding hydrogens is 226 g/mol. The van der Waals surface area contributed by atoms with Crippen LogP contribution in [0.3, 0.4) is 0 Å². The van der Waals surface area contributed by atoms with Crippen molar-refractivity contribution in [3.8, 4) is 0 Å². The van der Waals surface area contributed by atoms with Gasteiger partial charge in [0.05, 0.1) is 5.54 Å². The summed E-state index contributed by atoms with van der Waals surface area (Å²) < 4.78 is 0. The molecule has 0 radical (unpaired) electrons. The Bertz CT molecular complexity index is 262. The number of hydrogen-bond donors (Lipinski definition) is 2. The van der Waals surface area contributed by atoms with E-state index in [2.05, 4.69) is 43.2 Å². The van der Waals surface area contributed by atoms with Gasteiger partial charge >= 0.3 is 0 Å². The first-order valence-corrected chi connectivity index (χ1v) is 7.16. The van der Waals surface area contributed by atoms with Gasteiger partial charge in [-0.25, -0.2) is 0 Å². The molecule has 1 saturated heterocycles. The second-order valence-electron chi connectivity index (χ2n) is 6.04. The van der Waals surface area contributed by atoms with Gasteiger partial charge < -0.3 is 10.6 Å². The molecule has 18 heavy (non-hydrogen) atoms. The van der Waals surface area contributed by atoms with Crippen LogP contribution in [0.1, 0.15) is 47.5 Å². The third kappa shape index (κ3) is 3.95. The summed E-state index contributed by atoms with van der Waals surface area (Å²) in [5, 5.41) is 6.35. The second kappa shape index (κ2) is 6.53. The van der Waals surface area contributed by atoms with Crippen LogP contribution in [0.4, 0.5) is 0 Å². The Hall–Kier alpha value is -0.610. The Balaban J connectivity index is 2.34. The monoisotopic (exact) mass is 255 g/mol. The summed E-state index contributed by atoms with van der Waals surface area (Å²) in [4.78, 5) is 14.5. The van der Waals surface area contributed by atoms with Crippen LogP contribution in [-0.2, 0) is 4.79 Å². The Morgan fingerprint density at radius 2 is 1.94 bits per heavy atom. The van der Waals surface area contributed by atoms with Crippen LogP contribution in [0.15, 0.2) is 0 Å². The van der Waals surface area contributed by atoms with Crippen LogP contribution in [0, 0.1) is 0 Å². The van der Waals surface area contributed by atoms with Crippen molar-refractivity contribution in [2.45, 2.75) is 65.1 Å². The topological polar surface area (TPSA) is 44.4 Å². The Kier molecular flexibility index (Phi) is 5.60. The summed E-state index contributed by atoms with van der Waals surface area (Å²) in [7, 11) is 0. The van der Waals surface area contributed by atoms with Gasteiger partial charge in [-0.2, -0.15) is 0 Å². The highest BCUT2D eigenvalue weighted by Gasteiger charge is 2.35. The first-order valence-electron chi connectivity index (χ1n) is 7.16. The summed E-state index contributed by atoms with van der Waals surface area (Å²) in [6.07, 6.45) is 2.03. The Morgan fingerprint density at radius 1 is 1.33 bits per heavy atom. The van der Waals surface area contributed by atoms with Gasteiger partial charge in [0.2, 0.25) is 5.91 Å². The first-order chi connectivity index (χ1) is 8.37. The maximum Gasteiger partial charge on any atom is 0.240 e. The van der Waals surface area contributed by atoms with Gasteiger partial charge in [0, 0.05) is 25.2 Å². The van der Waals surface area contributed by atoms with Gasteiger partial charge in [-0.3, -0.25) is 9.69 Å². The van der Waals surface area contributed by atoms with Crippen LogP contribution < -0.4 is 10.6 Å². The summed E-state index contributed by atoms with van der Waals surface area (Å²) in [5.41, 5.74) is -0.347. The molecule has 1 unspecified atom stereocenters. The van der Waals surface area contributed by atoms with E-state index in [0.29, 0.717) is 12.1 Å². The molecule has 0 aliphatic carbocycles. The van der Waals surface area contributed by atoms with E-state index in [1.54, 1.807) is 0 Å². The highest BCUT2D eigenvalue weighted by molar-refractivity contribution is 5.86. The first kappa shape index (κ1) is 15.4. The fraction of sp³-hybridized carbons (Fsp3) is 0.929. The summed E-state index contributed by atoms with van der Waals surface area (Å²) in [5.74, 6) is 0.146. The summed E-state index contributed by atoms with van der Waals surface area (Å²) >= 11 is 0. The van der Waals surface area contributed by atoms with E-state index in [4.69, 9.17) is 0 Å². The lowest BCUT2D eigenvalue weighted by Crippen LogP contribution is -2.53. The predicted octanol–water partition coefficient (Wildman–Crippen LogP) is 1.36. The number of amides is 1. The molecule has 2 N–H and O–H groups in total. The average Bonchev–Trinajstić information content (AvgIpc) is 2.71. The minimum Gasteiger partial charge on any atom is -0.353 e. The average molecular weight is 255 g/mol. The third-order valence-electron chi connectivity index (χ3n) is 3.85. The second-order valence-corrected chi connectivity index (χ2v) is 6.04.